The second-order valence-corrected chi connectivity index (χ2v) is 6.16. The second-order valence-electron chi connectivity index (χ2n) is 1.58. The lowest BCUT2D eigenvalue weighted by molar-refractivity contribution is 0.533. The predicted octanol–water partition coefficient (Wildman–Crippen LogP) is 2.18. The third kappa shape index (κ3) is 2.36. The molecule has 0 bridgehead atoms. The van der Waals surface area contributed by atoms with Crippen molar-refractivity contribution in [3.8, 4) is 0 Å². The molecule has 0 aromatic carbocycles. The zero-order valence-electron chi connectivity index (χ0n) is 4.77. The molecule has 0 aromatic heterocycles. The van der Waals surface area contributed by atoms with E-state index in [0.29, 0.717) is 0 Å². The highest BCUT2D eigenvalue weighted by Gasteiger charge is 2.18. The molecule has 1 atom stereocenters. The van der Waals surface area contributed by atoms with Crippen molar-refractivity contribution in [2.75, 3.05) is 19.7 Å². The Bertz CT molecular complexity index is 116. The van der Waals surface area contributed by atoms with Crippen molar-refractivity contribution in [3.05, 3.63) is 0 Å². The number of nitrogens with zero attached hydrogens (tertiary/aromatic N) is 1. The largest absolute Gasteiger partial charge is 0.288 e. The highest BCUT2D eigenvalue weighted by atomic mass is 35.7. The third-order valence-corrected chi connectivity index (χ3v) is 4.84. The van der Waals surface area contributed by atoms with E-state index in [2.05, 4.69) is 0 Å². The van der Waals surface area contributed by atoms with E-state index in [-0.39, 0.29) is 5.62 Å². The zero-order chi connectivity index (χ0) is 6.78. The molecule has 0 aromatic rings. The van der Waals surface area contributed by atoms with Gasteiger partial charge in [-0.25, -0.2) is 4.67 Å². The van der Waals surface area contributed by atoms with Crippen molar-refractivity contribution in [1.82, 2.24) is 4.67 Å². The Morgan fingerprint density at radius 2 is 2.00 bits per heavy atom. The van der Waals surface area contributed by atoms with Crippen LogP contribution in [-0.2, 0) is 4.57 Å². The summed E-state index contributed by atoms with van der Waals surface area (Å²) >= 11 is 10.7. The summed E-state index contributed by atoms with van der Waals surface area (Å²) in [7, 11) is 3.27. The predicted molar refractivity (Wildman–Crippen MR) is 37.9 cm³/mol. The summed E-state index contributed by atoms with van der Waals surface area (Å²) in [4.78, 5) is 0. The topological polar surface area (TPSA) is 20.3 Å². The summed E-state index contributed by atoms with van der Waals surface area (Å²) in [5.74, 6) is 0. The van der Waals surface area contributed by atoms with Crippen LogP contribution in [0.2, 0.25) is 0 Å². The van der Waals surface area contributed by atoms with Crippen LogP contribution in [0.15, 0.2) is 0 Å². The average molecular weight is 176 g/mol. The lowest BCUT2D eigenvalue weighted by Crippen LogP contribution is -2.04. The zero-order valence-corrected chi connectivity index (χ0v) is 7.17. The average Bonchev–Trinajstić information content (AvgIpc) is 1.67. The number of alkyl halides is 1. The van der Waals surface area contributed by atoms with Crippen molar-refractivity contribution in [1.29, 1.82) is 0 Å². The van der Waals surface area contributed by atoms with Crippen LogP contribution < -0.4 is 0 Å². The molecule has 0 fully saturated rings. The molecule has 0 rings (SSSR count). The molecule has 50 valence electrons. The fourth-order valence-electron chi connectivity index (χ4n) is 0.107. The standard InChI is InChI=1S/C3H8Cl2NOP/c1-6(2)8(5,7)3-4/h3H2,1-2H3. The Kier molecular flexibility index (Phi) is 3.37. The number of hydrogen-bond acceptors (Lipinski definition) is 1. The molecule has 1 unspecified atom stereocenters. The fraction of sp³-hybridized carbons (Fsp3) is 1.00. The molecule has 0 radical (unpaired) electrons. The Morgan fingerprint density at radius 3 is 2.00 bits per heavy atom. The summed E-state index contributed by atoms with van der Waals surface area (Å²) in [5.41, 5.74) is 0.00154. The van der Waals surface area contributed by atoms with Crippen LogP contribution in [0.1, 0.15) is 0 Å². The molecule has 0 saturated carbocycles. The Morgan fingerprint density at radius 1 is 1.62 bits per heavy atom. The number of halogens is 2. The van der Waals surface area contributed by atoms with Gasteiger partial charge in [0.25, 0.3) is 0 Å². The van der Waals surface area contributed by atoms with E-state index in [1.165, 1.54) is 4.67 Å². The summed E-state index contributed by atoms with van der Waals surface area (Å²) < 4.78 is 12.3. The minimum Gasteiger partial charge on any atom is -0.288 e. The molecule has 2 nitrogen and oxygen atoms in total. The van der Waals surface area contributed by atoms with Gasteiger partial charge in [0.2, 0.25) is 6.65 Å². The van der Waals surface area contributed by atoms with Crippen LogP contribution in [0.4, 0.5) is 0 Å². The van der Waals surface area contributed by atoms with Gasteiger partial charge in [0.1, 0.15) is 5.62 Å². The minimum atomic E-state index is -2.67. The van der Waals surface area contributed by atoms with E-state index in [1.54, 1.807) is 14.1 Å². The molecule has 0 aliphatic carbocycles. The van der Waals surface area contributed by atoms with Gasteiger partial charge in [0.05, 0.1) is 0 Å². The molecule has 0 aliphatic rings. The Balaban J connectivity index is 3.93. The monoisotopic (exact) mass is 175 g/mol. The van der Waals surface area contributed by atoms with Gasteiger partial charge in [-0.05, 0) is 25.3 Å². The molecule has 5 heteroatoms. The Hall–Kier alpha value is 0.770. The van der Waals surface area contributed by atoms with Crippen molar-refractivity contribution < 1.29 is 4.57 Å². The van der Waals surface area contributed by atoms with Crippen LogP contribution in [0.3, 0.4) is 0 Å². The first-order chi connectivity index (χ1) is 3.50. The highest BCUT2D eigenvalue weighted by Crippen LogP contribution is 2.53. The molecule has 0 spiro atoms. The van der Waals surface area contributed by atoms with Gasteiger partial charge >= 0.3 is 0 Å². The van der Waals surface area contributed by atoms with Crippen LogP contribution >= 0.6 is 29.5 Å². The molecule has 0 N–H and O–H groups in total. The summed E-state index contributed by atoms with van der Waals surface area (Å²) in [5, 5.41) is 0. The van der Waals surface area contributed by atoms with E-state index in [1.807, 2.05) is 0 Å². The van der Waals surface area contributed by atoms with E-state index in [0.717, 1.165) is 0 Å². The van der Waals surface area contributed by atoms with Crippen LogP contribution in [-0.4, -0.2) is 24.4 Å². The molecular formula is C3H8Cl2NOP. The molecule has 8 heavy (non-hydrogen) atoms. The third-order valence-electron chi connectivity index (χ3n) is 0.745. The van der Waals surface area contributed by atoms with E-state index in [4.69, 9.17) is 22.8 Å². The first-order valence-electron chi connectivity index (χ1n) is 2.03. The van der Waals surface area contributed by atoms with E-state index in [9.17, 15) is 4.57 Å². The summed E-state index contributed by atoms with van der Waals surface area (Å²) in [6.07, 6.45) is 0. The highest BCUT2D eigenvalue weighted by molar-refractivity contribution is 7.88. The van der Waals surface area contributed by atoms with E-state index >= 15 is 0 Å². The van der Waals surface area contributed by atoms with Gasteiger partial charge in [-0.15, -0.1) is 11.6 Å². The van der Waals surface area contributed by atoms with Crippen LogP contribution in [0.5, 0.6) is 0 Å². The fourth-order valence-corrected chi connectivity index (χ4v) is 0.962. The van der Waals surface area contributed by atoms with Gasteiger partial charge < -0.3 is 0 Å². The van der Waals surface area contributed by atoms with Crippen molar-refractivity contribution in [3.63, 3.8) is 0 Å². The first kappa shape index (κ1) is 8.77. The number of hydrogen-bond donors (Lipinski definition) is 0. The van der Waals surface area contributed by atoms with Crippen molar-refractivity contribution in [2.24, 2.45) is 0 Å². The van der Waals surface area contributed by atoms with Gasteiger partial charge in [-0.2, -0.15) is 0 Å². The smallest absolute Gasteiger partial charge is 0.248 e. The molecule has 0 aliphatic heterocycles. The maximum Gasteiger partial charge on any atom is 0.248 e. The van der Waals surface area contributed by atoms with Crippen molar-refractivity contribution >= 4 is 29.5 Å². The summed E-state index contributed by atoms with van der Waals surface area (Å²) in [6, 6.07) is 0. The van der Waals surface area contributed by atoms with Gasteiger partial charge in [0, 0.05) is 0 Å². The van der Waals surface area contributed by atoms with Gasteiger partial charge in [-0.1, -0.05) is 0 Å². The SMILES string of the molecule is CN(C)P(=O)(Cl)CCl. The molecular weight excluding hydrogens is 168 g/mol. The lowest BCUT2D eigenvalue weighted by atomic mass is 11.3. The maximum absolute atomic E-state index is 10.8. The van der Waals surface area contributed by atoms with E-state index < -0.39 is 6.65 Å². The quantitative estimate of drug-likeness (QED) is 0.474. The van der Waals surface area contributed by atoms with Crippen molar-refractivity contribution in [2.45, 2.75) is 0 Å². The normalized spacial score (nSPS) is 18.6. The maximum atomic E-state index is 10.8. The lowest BCUT2D eigenvalue weighted by Gasteiger charge is -2.13. The van der Waals surface area contributed by atoms with Crippen LogP contribution in [0.25, 0.3) is 0 Å². The minimum absolute atomic E-state index is 0.00154. The molecule has 0 saturated heterocycles. The molecule has 0 heterocycles. The van der Waals surface area contributed by atoms with Crippen LogP contribution in [0, 0.1) is 0 Å². The number of rotatable bonds is 2. The Labute approximate surface area is 59.0 Å². The first-order valence-corrected chi connectivity index (χ1v) is 5.31. The summed E-state index contributed by atoms with van der Waals surface area (Å²) in [6.45, 7) is -2.67. The van der Waals surface area contributed by atoms with Gasteiger partial charge in [0.15, 0.2) is 0 Å². The van der Waals surface area contributed by atoms with Gasteiger partial charge in [-0.3, -0.25) is 4.57 Å². The second kappa shape index (κ2) is 3.07. The molecule has 0 amide bonds.